The third kappa shape index (κ3) is 5.25. The number of rotatable bonds is 6. The van der Waals surface area contributed by atoms with Gasteiger partial charge in [0.1, 0.15) is 5.82 Å². The quantitative estimate of drug-likeness (QED) is 0.517. The third-order valence-electron chi connectivity index (χ3n) is 5.09. The highest BCUT2D eigenvalue weighted by atomic mass is 19.4. The Hall–Kier alpha value is -4.15. The summed E-state index contributed by atoms with van der Waals surface area (Å²) in [5.74, 6) is -0.487. The fraction of sp³-hybridized carbons (Fsp3) is 0.174. The van der Waals surface area contributed by atoms with Crippen LogP contribution < -0.4 is 15.5 Å². The van der Waals surface area contributed by atoms with E-state index in [1.807, 2.05) is 0 Å². The number of anilines is 3. The Morgan fingerprint density at radius 1 is 0.971 bits per heavy atom. The highest BCUT2D eigenvalue weighted by Gasteiger charge is 2.47. The Kier molecular flexibility index (Phi) is 6.35. The van der Waals surface area contributed by atoms with Crippen LogP contribution >= 0.6 is 0 Å². The molecule has 1 atom stereocenters. The number of hydrogen-bond donors (Lipinski definition) is 2. The summed E-state index contributed by atoms with van der Waals surface area (Å²) in [6.07, 6.45) is -3.46. The molecule has 2 N–H and O–H groups in total. The highest BCUT2D eigenvalue weighted by Crippen LogP contribution is 2.34. The van der Waals surface area contributed by atoms with Crippen LogP contribution in [0.15, 0.2) is 73.1 Å². The molecule has 0 radical (unpaired) electrons. The molecule has 7 nitrogen and oxygen atoms in total. The Morgan fingerprint density at radius 2 is 1.68 bits per heavy atom. The van der Waals surface area contributed by atoms with Crippen molar-refractivity contribution in [3.63, 3.8) is 0 Å². The molecule has 2 heterocycles. The first-order chi connectivity index (χ1) is 16.2. The lowest BCUT2D eigenvalue weighted by atomic mass is 10.1. The molecule has 4 rings (SSSR count). The predicted molar refractivity (Wildman–Crippen MR) is 120 cm³/mol. The van der Waals surface area contributed by atoms with Crippen molar-refractivity contribution in [3.8, 4) is 11.3 Å². The maximum atomic E-state index is 13.3. The molecule has 176 valence electrons. The fourth-order valence-corrected chi connectivity index (χ4v) is 3.45. The van der Waals surface area contributed by atoms with Gasteiger partial charge >= 0.3 is 6.18 Å². The molecule has 0 bridgehead atoms. The van der Waals surface area contributed by atoms with E-state index < -0.39 is 12.3 Å². The van der Waals surface area contributed by atoms with Crippen molar-refractivity contribution >= 4 is 23.1 Å². The van der Waals surface area contributed by atoms with Gasteiger partial charge < -0.3 is 20.4 Å². The normalized spacial score (nSPS) is 15.5. The van der Waals surface area contributed by atoms with Gasteiger partial charge in [-0.05, 0) is 60.7 Å². The monoisotopic (exact) mass is 472 g/mol. The van der Waals surface area contributed by atoms with Gasteiger partial charge in [0.25, 0.3) is 0 Å². The Labute approximate surface area is 192 Å². The van der Waals surface area contributed by atoms with E-state index in [2.05, 4.69) is 20.8 Å². The van der Waals surface area contributed by atoms with Gasteiger partial charge in [-0.3, -0.25) is 4.79 Å². The van der Waals surface area contributed by atoms with Crippen molar-refractivity contribution in [2.75, 3.05) is 29.1 Å². The second-order valence-electron chi connectivity index (χ2n) is 7.55. The standard InChI is InChI=1S/C23H20F4N6O/c1-32-12-13-33(22(32)23(25,26)27)18-8-6-17(7-9-18)28-14-21(34)29-20-11-10-19(30-31-20)15-2-4-16(24)5-3-15/h2-13,22,28H,14H2,1H3,(H,29,31,34). The van der Waals surface area contributed by atoms with Gasteiger partial charge in [-0.25, -0.2) is 4.39 Å². The summed E-state index contributed by atoms with van der Waals surface area (Å²) < 4.78 is 53.0. The molecule has 11 heteroatoms. The molecule has 1 aliphatic heterocycles. The summed E-state index contributed by atoms with van der Waals surface area (Å²) in [4.78, 5) is 14.4. The first-order valence-electron chi connectivity index (χ1n) is 10.2. The summed E-state index contributed by atoms with van der Waals surface area (Å²) in [7, 11) is 1.36. The number of hydrogen-bond acceptors (Lipinski definition) is 6. The number of benzene rings is 2. The van der Waals surface area contributed by atoms with Gasteiger partial charge in [-0.2, -0.15) is 13.2 Å². The zero-order valence-electron chi connectivity index (χ0n) is 17.9. The Bertz CT molecular complexity index is 1160. The molecule has 1 amide bonds. The van der Waals surface area contributed by atoms with Crippen molar-refractivity contribution in [2.45, 2.75) is 12.3 Å². The van der Waals surface area contributed by atoms with Crippen LogP contribution in [0.1, 0.15) is 0 Å². The first-order valence-corrected chi connectivity index (χ1v) is 10.2. The Morgan fingerprint density at radius 3 is 2.29 bits per heavy atom. The van der Waals surface area contributed by atoms with Crippen LogP contribution in [0.4, 0.5) is 34.8 Å². The molecule has 0 fully saturated rings. The molecule has 3 aromatic rings. The average Bonchev–Trinajstić information content (AvgIpc) is 3.21. The van der Waals surface area contributed by atoms with E-state index >= 15 is 0 Å². The number of carbonyl (C=O) groups is 1. The summed E-state index contributed by atoms with van der Waals surface area (Å²) in [5.41, 5.74) is 2.16. The molecule has 1 aliphatic rings. The van der Waals surface area contributed by atoms with Crippen LogP contribution in [0.3, 0.4) is 0 Å². The largest absolute Gasteiger partial charge is 0.427 e. The maximum Gasteiger partial charge on any atom is 0.427 e. The van der Waals surface area contributed by atoms with Gasteiger partial charge in [-0.15, -0.1) is 10.2 Å². The Balaban J connectivity index is 1.31. The third-order valence-corrected chi connectivity index (χ3v) is 5.09. The first kappa shape index (κ1) is 23.0. The summed E-state index contributed by atoms with van der Waals surface area (Å²) in [6, 6.07) is 15.3. The van der Waals surface area contributed by atoms with Crippen molar-refractivity contribution in [1.29, 1.82) is 0 Å². The summed E-state index contributed by atoms with van der Waals surface area (Å²) in [5, 5.41) is 13.5. The van der Waals surface area contributed by atoms with Crippen molar-refractivity contribution in [3.05, 3.63) is 78.9 Å². The van der Waals surface area contributed by atoms with Crippen LogP contribution in [0.5, 0.6) is 0 Å². The molecular formula is C23H20F4N6O. The van der Waals surface area contributed by atoms with E-state index in [9.17, 15) is 22.4 Å². The number of amides is 1. The number of nitrogens with zero attached hydrogens (tertiary/aromatic N) is 4. The molecule has 0 saturated heterocycles. The molecular weight excluding hydrogens is 452 g/mol. The predicted octanol–water partition coefficient (Wildman–Crippen LogP) is 4.44. The van der Waals surface area contributed by atoms with E-state index in [0.717, 1.165) is 9.80 Å². The lowest BCUT2D eigenvalue weighted by molar-refractivity contribution is -0.169. The maximum absolute atomic E-state index is 13.3. The van der Waals surface area contributed by atoms with Gasteiger partial charge in [0.2, 0.25) is 12.1 Å². The van der Waals surface area contributed by atoms with Crippen LogP contribution in [0, 0.1) is 5.82 Å². The number of alkyl halides is 3. The van der Waals surface area contributed by atoms with Crippen molar-refractivity contribution in [2.24, 2.45) is 0 Å². The van der Waals surface area contributed by atoms with Crippen LogP contribution in [0.25, 0.3) is 11.3 Å². The number of halogens is 4. The molecule has 1 unspecified atom stereocenters. The van der Waals surface area contributed by atoms with E-state index in [4.69, 9.17) is 0 Å². The molecule has 0 spiro atoms. The molecule has 1 aromatic heterocycles. The summed E-state index contributed by atoms with van der Waals surface area (Å²) >= 11 is 0. The van der Waals surface area contributed by atoms with Crippen LogP contribution in [-0.2, 0) is 4.79 Å². The highest BCUT2D eigenvalue weighted by molar-refractivity contribution is 5.93. The minimum Gasteiger partial charge on any atom is -0.376 e. The molecule has 0 saturated carbocycles. The van der Waals surface area contributed by atoms with Gasteiger partial charge in [-0.1, -0.05) is 0 Å². The number of aromatic nitrogens is 2. The lowest BCUT2D eigenvalue weighted by Gasteiger charge is -2.32. The lowest BCUT2D eigenvalue weighted by Crippen LogP contribution is -2.48. The van der Waals surface area contributed by atoms with E-state index in [1.165, 1.54) is 31.6 Å². The van der Waals surface area contributed by atoms with Gasteiger partial charge in [0.15, 0.2) is 5.82 Å². The number of nitrogens with one attached hydrogen (secondary N) is 2. The van der Waals surface area contributed by atoms with E-state index in [-0.39, 0.29) is 24.1 Å². The minimum absolute atomic E-state index is 0.0850. The second-order valence-corrected chi connectivity index (χ2v) is 7.55. The van der Waals surface area contributed by atoms with E-state index in [1.54, 1.807) is 48.5 Å². The zero-order chi connectivity index (χ0) is 24.3. The van der Waals surface area contributed by atoms with Crippen molar-refractivity contribution in [1.82, 2.24) is 15.1 Å². The van der Waals surface area contributed by atoms with E-state index in [0.29, 0.717) is 22.6 Å². The smallest absolute Gasteiger partial charge is 0.376 e. The SMILES string of the molecule is CN1C=CN(c2ccc(NCC(=O)Nc3ccc(-c4ccc(F)cc4)nn3)cc2)C1C(F)(F)F. The average molecular weight is 472 g/mol. The zero-order valence-corrected chi connectivity index (χ0v) is 17.9. The summed E-state index contributed by atoms with van der Waals surface area (Å²) in [6.45, 7) is -0.0850. The topological polar surface area (TPSA) is 73.4 Å². The second kappa shape index (κ2) is 9.38. The molecule has 34 heavy (non-hydrogen) atoms. The van der Waals surface area contributed by atoms with Crippen LogP contribution in [-0.4, -0.2) is 46.9 Å². The number of carbonyl (C=O) groups excluding carboxylic acids is 1. The molecule has 2 aromatic carbocycles. The van der Waals surface area contributed by atoms with Crippen LogP contribution in [0.2, 0.25) is 0 Å². The molecule has 0 aliphatic carbocycles. The van der Waals surface area contributed by atoms with Gasteiger partial charge in [0.05, 0.1) is 12.2 Å². The van der Waals surface area contributed by atoms with Gasteiger partial charge in [0, 0.05) is 36.4 Å². The van der Waals surface area contributed by atoms with Crippen molar-refractivity contribution < 1.29 is 22.4 Å². The fourth-order valence-electron chi connectivity index (χ4n) is 3.45. The minimum atomic E-state index is -4.42.